The predicted octanol–water partition coefficient (Wildman–Crippen LogP) is 1.42. The molecular formula is C10H6Cl2N2O6S. The lowest BCUT2D eigenvalue weighted by atomic mass is 10.3. The molecule has 21 heavy (non-hydrogen) atoms. The maximum absolute atomic E-state index is 11.7. The molecule has 1 heterocycles. The van der Waals surface area contributed by atoms with Gasteiger partial charge in [0.15, 0.2) is 0 Å². The van der Waals surface area contributed by atoms with Crippen molar-refractivity contribution in [2.45, 2.75) is 4.90 Å². The van der Waals surface area contributed by atoms with E-state index in [4.69, 9.17) is 28.3 Å². The van der Waals surface area contributed by atoms with E-state index in [1.165, 1.54) is 0 Å². The van der Waals surface area contributed by atoms with Crippen LogP contribution < -0.4 is 5.56 Å². The summed E-state index contributed by atoms with van der Waals surface area (Å²) < 4.78 is 32.5. The van der Waals surface area contributed by atoms with Gasteiger partial charge in [0.25, 0.3) is 15.7 Å². The molecule has 0 unspecified atom stereocenters. The van der Waals surface area contributed by atoms with Gasteiger partial charge in [0.1, 0.15) is 10.6 Å². The summed E-state index contributed by atoms with van der Waals surface area (Å²) in [6, 6.07) is 2.61. The largest absolute Gasteiger partial charge is 0.477 e. The van der Waals surface area contributed by atoms with Gasteiger partial charge in [0, 0.05) is 6.07 Å². The van der Waals surface area contributed by atoms with Crippen molar-refractivity contribution < 1.29 is 22.9 Å². The van der Waals surface area contributed by atoms with Crippen LogP contribution >= 0.6 is 23.2 Å². The fraction of sp³-hybridized carbons (Fsp3) is 0. The zero-order valence-electron chi connectivity index (χ0n) is 9.87. The van der Waals surface area contributed by atoms with Crippen molar-refractivity contribution in [3.05, 3.63) is 44.3 Å². The van der Waals surface area contributed by atoms with E-state index in [0.717, 1.165) is 18.2 Å². The summed E-state index contributed by atoms with van der Waals surface area (Å²) in [6.07, 6.45) is 0. The molecule has 3 N–H and O–H groups in total. The fourth-order valence-corrected chi connectivity index (χ4v) is 2.65. The maximum atomic E-state index is 11.7. The van der Waals surface area contributed by atoms with Crippen molar-refractivity contribution in [3.8, 4) is 5.69 Å². The molecule has 0 aliphatic heterocycles. The second kappa shape index (κ2) is 5.19. The van der Waals surface area contributed by atoms with Crippen LogP contribution in [0.2, 0.25) is 10.0 Å². The van der Waals surface area contributed by atoms with Crippen molar-refractivity contribution in [2.75, 3.05) is 0 Å². The summed E-state index contributed by atoms with van der Waals surface area (Å²) in [5, 5.41) is 10.7. The number of nitrogens with zero attached hydrogens (tertiary/aromatic N) is 1. The molecule has 11 heteroatoms. The molecule has 2 rings (SSSR count). The summed E-state index contributed by atoms with van der Waals surface area (Å²) in [6.45, 7) is 0. The monoisotopic (exact) mass is 352 g/mol. The van der Waals surface area contributed by atoms with Gasteiger partial charge in [-0.1, -0.05) is 23.2 Å². The summed E-state index contributed by atoms with van der Waals surface area (Å²) in [7, 11) is -4.72. The molecule has 1 aromatic carbocycles. The van der Waals surface area contributed by atoms with E-state index in [1.54, 1.807) is 0 Å². The van der Waals surface area contributed by atoms with Gasteiger partial charge in [-0.25, -0.2) is 9.48 Å². The number of hydrogen-bond donors (Lipinski definition) is 3. The van der Waals surface area contributed by atoms with Crippen molar-refractivity contribution in [3.63, 3.8) is 0 Å². The Kier molecular flexibility index (Phi) is 3.85. The first-order chi connectivity index (χ1) is 9.61. The lowest BCUT2D eigenvalue weighted by Crippen LogP contribution is -2.17. The van der Waals surface area contributed by atoms with Crippen LogP contribution in [-0.2, 0) is 10.1 Å². The Morgan fingerprint density at radius 3 is 2.24 bits per heavy atom. The molecule has 0 saturated carbocycles. The fourth-order valence-electron chi connectivity index (χ4n) is 1.58. The third-order valence-electron chi connectivity index (χ3n) is 2.47. The molecular weight excluding hydrogens is 347 g/mol. The zero-order chi connectivity index (χ0) is 15.9. The van der Waals surface area contributed by atoms with Crippen LogP contribution in [0.4, 0.5) is 0 Å². The number of carboxylic acid groups (broad SMARTS) is 1. The molecule has 0 fully saturated rings. The van der Waals surface area contributed by atoms with Crippen molar-refractivity contribution in [2.24, 2.45) is 0 Å². The SMILES string of the molecule is O=C(O)c1cc(=O)n(-c2cc(Cl)c(Cl)cc2S(=O)(=O)O)[nH]1. The van der Waals surface area contributed by atoms with Gasteiger partial charge in [0.2, 0.25) is 0 Å². The molecule has 2 aromatic rings. The van der Waals surface area contributed by atoms with Gasteiger partial charge in [-0.15, -0.1) is 0 Å². The van der Waals surface area contributed by atoms with Gasteiger partial charge >= 0.3 is 5.97 Å². The first-order valence-corrected chi connectivity index (χ1v) is 7.33. The number of H-pyrrole nitrogens is 1. The molecule has 112 valence electrons. The van der Waals surface area contributed by atoms with Gasteiger partial charge in [-0.2, -0.15) is 8.42 Å². The number of aromatic carboxylic acids is 1. The Labute approximate surface area is 127 Å². The Morgan fingerprint density at radius 1 is 1.19 bits per heavy atom. The lowest BCUT2D eigenvalue weighted by molar-refractivity contribution is 0.0690. The van der Waals surface area contributed by atoms with Crippen LogP contribution in [0.5, 0.6) is 0 Å². The number of rotatable bonds is 3. The number of nitrogens with one attached hydrogen (secondary N) is 1. The van der Waals surface area contributed by atoms with Crippen LogP contribution in [0.1, 0.15) is 10.5 Å². The van der Waals surface area contributed by atoms with Crippen LogP contribution in [0, 0.1) is 0 Å². The third kappa shape index (κ3) is 2.95. The van der Waals surface area contributed by atoms with Gasteiger partial charge in [0.05, 0.1) is 15.7 Å². The third-order valence-corrected chi connectivity index (χ3v) is 4.08. The Bertz CT molecular complexity index is 899. The molecule has 0 radical (unpaired) electrons. The van der Waals surface area contributed by atoms with Crippen molar-refractivity contribution in [1.29, 1.82) is 0 Å². The molecule has 1 aromatic heterocycles. The quantitative estimate of drug-likeness (QED) is 0.716. The minimum atomic E-state index is -4.72. The van der Waals surface area contributed by atoms with E-state index >= 15 is 0 Å². The van der Waals surface area contributed by atoms with Crippen LogP contribution in [-0.4, -0.2) is 33.8 Å². The molecule has 0 spiro atoms. The van der Waals surface area contributed by atoms with Crippen LogP contribution in [0.15, 0.2) is 27.9 Å². The molecule has 0 aliphatic rings. The number of aromatic amines is 1. The lowest BCUT2D eigenvalue weighted by Gasteiger charge is -2.09. The minimum absolute atomic E-state index is 0.0857. The molecule has 8 nitrogen and oxygen atoms in total. The van der Waals surface area contributed by atoms with E-state index in [2.05, 4.69) is 5.10 Å². The topological polar surface area (TPSA) is 129 Å². The van der Waals surface area contributed by atoms with E-state index < -0.39 is 32.2 Å². The Hall–Kier alpha value is -1.81. The smallest absolute Gasteiger partial charge is 0.353 e. The molecule has 0 bridgehead atoms. The summed E-state index contributed by atoms with van der Waals surface area (Å²) >= 11 is 11.4. The Morgan fingerprint density at radius 2 is 1.76 bits per heavy atom. The second-order valence-corrected chi connectivity index (χ2v) is 6.06. The number of halogens is 2. The number of benzene rings is 1. The molecule has 0 aliphatic carbocycles. The average molecular weight is 353 g/mol. The van der Waals surface area contributed by atoms with E-state index in [-0.39, 0.29) is 15.7 Å². The molecule has 0 saturated heterocycles. The zero-order valence-corrected chi connectivity index (χ0v) is 12.2. The van der Waals surface area contributed by atoms with E-state index in [0.29, 0.717) is 4.68 Å². The number of hydrogen-bond acceptors (Lipinski definition) is 4. The van der Waals surface area contributed by atoms with Crippen LogP contribution in [0.3, 0.4) is 0 Å². The maximum Gasteiger partial charge on any atom is 0.353 e. The minimum Gasteiger partial charge on any atom is -0.477 e. The van der Waals surface area contributed by atoms with E-state index in [1.807, 2.05) is 0 Å². The summed E-state index contributed by atoms with van der Waals surface area (Å²) in [5.41, 5.74) is -1.67. The molecule has 0 atom stereocenters. The predicted molar refractivity (Wildman–Crippen MR) is 73.2 cm³/mol. The van der Waals surface area contributed by atoms with Crippen LogP contribution in [0.25, 0.3) is 5.69 Å². The first kappa shape index (κ1) is 15.6. The van der Waals surface area contributed by atoms with E-state index in [9.17, 15) is 22.6 Å². The van der Waals surface area contributed by atoms with Gasteiger partial charge in [-0.3, -0.25) is 14.4 Å². The normalized spacial score (nSPS) is 11.6. The second-order valence-electron chi connectivity index (χ2n) is 3.86. The van der Waals surface area contributed by atoms with Crippen molar-refractivity contribution in [1.82, 2.24) is 9.78 Å². The number of aromatic nitrogens is 2. The van der Waals surface area contributed by atoms with Gasteiger partial charge in [-0.05, 0) is 12.1 Å². The molecule has 0 amide bonds. The summed E-state index contributed by atoms with van der Waals surface area (Å²) in [4.78, 5) is 21.8. The average Bonchev–Trinajstić information content (AvgIpc) is 2.73. The highest BCUT2D eigenvalue weighted by Gasteiger charge is 2.22. The van der Waals surface area contributed by atoms with Gasteiger partial charge < -0.3 is 5.11 Å². The highest BCUT2D eigenvalue weighted by molar-refractivity contribution is 7.86. The van der Waals surface area contributed by atoms with Crippen molar-refractivity contribution >= 4 is 39.3 Å². The highest BCUT2D eigenvalue weighted by atomic mass is 35.5. The Balaban J connectivity index is 2.83. The highest BCUT2D eigenvalue weighted by Crippen LogP contribution is 2.30. The summed E-state index contributed by atoms with van der Waals surface area (Å²) in [5.74, 6) is -1.42. The first-order valence-electron chi connectivity index (χ1n) is 5.13. The number of carboxylic acids is 1. The standard InChI is InChI=1S/C10H6Cl2N2O6S/c11-4-1-7(8(2-5(4)12)21(18,19)20)14-9(15)3-6(13-14)10(16)17/h1-3,13H,(H,16,17)(H,18,19,20). The number of carbonyl (C=O) groups is 1.